The van der Waals surface area contributed by atoms with Gasteiger partial charge in [-0.25, -0.2) is 4.39 Å². The molecule has 5 heteroatoms. The van der Waals surface area contributed by atoms with E-state index in [-0.39, 0.29) is 18.1 Å². The minimum atomic E-state index is -0.348. The summed E-state index contributed by atoms with van der Waals surface area (Å²) in [7, 11) is 4.76. The fourth-order valence-corrected chi connectivity index (χ4v) is 2.12. The molecule has 2 aromatic rings. The molecule has 2 rings (SSSR count). The third-order valence-electron chi connectivity index (χ3n) is 3.37. The standard InChI is InChI=1S/C17H18FNO3/c1-19(14-7-8-15(21-2)16(11-14)22-3)17(20)10-12-5-4-6-13(18)9-12/h4-9,11H,10H2,1-3H3. The molecule has 0 fully saturated rings. The molecule has 0 heterocycles. The zero-order valence-electron chi connectivity index (χ0n) is 12.8. The Bertz CT molecular complexity index is 673. The number of ether oxygens (including phenoxy) is 2. The van der Waals surface area contributed by atoms with Crippen molar-refractivity contribution in [3.63, 3.8) is 0 Å². The summed E-state index contributed by atoms with van der Waals surface area (Å²) in [6.45, 7) is 0. The highest BCUT2D eigenvalue weighted by Crippen LogP contribution is 2.31. The summed E-state index contributed by atoms with van der Waals surface area (Å²) in [6.07, 6.45) is 0.128. The number of carbonyl (C=O) groups is 1. The molecule has 0 saturated heterocycles. The van der Waals surface area contributed by atoms with E-state index in [0.29, 0.717) is 22.7 Å². The number of halogens is 1. The highest BCUT2D eigenvalue weighted by Gasteiger charge is 2.14. The largest absolute Gasteiger partial charge is 0.493 e. The first kappa shape index (κ1) is 15.8. The lowest BCUT2D eigenvalue weighted by atomic mass is 10.1. The Morgan fingerprint density at radius 1 is 1.09 bits per heavy atom. The van der Waals surface area contributed by atoms with E-state index in [9.17, 15) is 9.18 Å². The fraction of sp³-hybridized carbons (Fsp3) is 0.235. The first-order chi connectivity index (χ1) is 10.5. The van der Waals surface area contributed by atoms with Crippen LogP contribution in [0.25, 0.3) is 0 Å². The maximum Gasteiger partial charge on any atom is 0.231 e. The smallest absolute Gasteiger partial charge is 0.231 e. The van der Waals surface area contributed by atoms with E-state index in [4.69, 9.17) is 9.47 Å². The fourth-order valence-electron chi connectivity index (χ4n) is 2.12. The molecule has 0 aromatic heterocycles. The van der Waals surface area contributed by atoms with Crippen LogP contribution in [0.4, 0.5) is 10.1 Å². The van der Waals surface area contributed by atoms with E-state index in [2.05, 4.69) is 0 Å². The van der Waals surface area contributed by atoms with Gasteiger partial charge < -0.3 is 14.4 Å². The molecule has 0 aliphatic rings. The number of methoxy groups -OCH3 is 2. The molecule has 0 aliphatic heterocycles. The van der Waals surface area contributed by atoms with Crippen LogP contribution >= 0.6 is 0 Å². The number of nitrogens with zero attached hydrogens (tertiary/aromatic N) is 1. The summed E-state index contributed by atoms with van der Waals surface area (Å²) in [5.41, 5.74) is 1.32. The third kappa shape index (κ3) is 3.55. The third-order valence-corrected chi connectivity index (χ3v) is 3.37. The monoisotopic (exact) mass is 303 g/mol. The number of hydrogen-bond donors (Lipinski definition) is 0. The molecule has 0 N–H and O–H groups in total. The van der Waals surface area contributed by atoms with Crippen LogP contribution in [-0.4, -0.2) is 27.2 Å². The number of hydrogen-bond acceptors (Lipinski definition) is 3. The maximum atomic E-state index is 13.2. The molecule has 0 saturated carbocycles. The highest BCUT2D eigenvalue weighted by atomic mass is 19.1. The second-order valence-electron chi connectivity index (χ2n) is 4.80. The number of anilines is 1. The van der Waals surface area contributed by atoms with Crippen LogP contribution in [-0.2, 0) is 11.2 Å². The normalized spacial score (nSPS) is 10.2. The van der Waals surface area contributed by atoms with Gasteiger partial charge in [0, 0.05) is 18.8 Å². The molecule has 2 aromatic carbocycles. The van der Waals surface area contributed by atoms with Gasteiger partial charge in [-0.2, -0.15) is 0 Å². The average Bonchev–Trinajstić information content (AvgIpc) is 2.53. The topological polar surface area (TPSA) is 38.8 Å². The molecule has 116 valence electrons. The van der Waals surface area contributed by atoms with Crippen molar-refractivity contribution < 1.29 is 18.7 Å². The Kier molecular flexibility index (Phi) is 4.99. The van der Waals surface area contributed by atoms with E-state index in [1.807, 2.05) is 0 Å². The van der Waals surface area contributed by atoms with Crippen LogP contribution in [0.5, 0.6) is 11.5 Å². The van der Waals surface area contributed by atoms with Crippen LogP contribution in [0, 0.1) is 5.82 Å². The van der Waals surface area contributed by atoms with Gasteiger partial charge in [0.2, 0.25) is 5.91 Å². The second-order valence-corrected chi connectivity index (χ2v) is 4.80. The average molecular weight is 303 g/mol. The maximum absolute atomic E-state index is 13.2. The number of amides is 1. The molecule has 4 nitrogen and oxygen atoms in total. The molecule has 22 heavy (non-hydrogen) atoms. The minimum Gasteiger partial charge on any atom is -0.493 e. The first-order valence-corrected chi connectivity index (χ1v) is 6.78. The Balaban J connectivity index is 2.16. The van der Waals surface area contributed by atoms with Gasteiger partial charge in [-0.1, -0.05) is 12.1 Å². The van der Waals surface area contributed by atoms with Crippen molar-refractivity contribution in [2.45, 2.75) is 6.42 Å². The molecule has 0 unspecified atom stereocenters. The predicted molar refractivity (Wildman–Crippen MR) is 83.1 cm³/mol. The summed E-state index contributed by atoms with van der Waals surface area (Å²) in [6, 6.07) is 11.3. The molecule has 0 aliphatic carbocycles. The van der Waals surface area contributed by atoms with Gasteiger partial charge in [-0.3, -0.25) is 4.79 Å². The van der Waals surface area contributed by atoms with Crippen molar-refractivity contribution in [2.75, 3.05) is 26.2 Å². The van der Waals surface area contributed by atoms with Crippen molar-refractivity contribution in [3.8, 4) is 11.5 Å². The van der Waals surface area contributed by atoms with Gasteiger partial charge in [0.05, 0.1) is 20.6 Å². The Hall–Kier alpha value is -2.56. The van der Waals surface area contributed by atoms with Gasteiger partial charge in [-0.05, 0) is 29.8 Å². The molecule has 1 amide bonds. The molecular formula is C17H18FNO3. The number of likely N-dealkylation sites (N-methyl/N-ethyl adjacent to an activating group) is 1. The minimum absolute atomic E-state index is 0.128. The predicted octanol–water partition coefficient (Wildman–Crippen LogP) is 3.05. The van der Waals surface area contributed by atoms with E-state index in [0.717, 1.165) is 0 Å². The molecular weight excluding hydrogens is 285 g/mol. The lowest BCUT2D eigenvalue weighted by molar-refractivity contribution is -0.117. The van der Waals surface area contributed by atoms with E-state index in [1.54, 1.807) is 44.5 Å². The van der Waals surface area contributed by atoms with Crippen molar-refractivity contribution in [3.05, 3.63) is 53.8 Å². The van der Waals surface area contributed by atoms with Crippen LogP contribution in [0.3, 0.4) is 0 Å². The second kappa shape index (κ2) is 6.93. The number of carbonyl (C=O) groups excluding carboxylic acids is 1. The molecule has 0 spiro atoms. The molecule has 0 radical (unpaired) electrons. The summed E-state index contributed by atoms with van der Waals surface area (Å²) >= 11 is 0. The Morgan fingerprint density at radius 3 is 2.45 bits per heavy atom. The van der Waals surface area contributed by atoms with Gasteiger partial charge in [0.25, 0.3) is 0 Å². The summed E-state index contributed by atoms with van der Waals surface area (Å²) < 4.78 is 23.6. The van der Waals surface area contributed by atoms with Crippen LogP contribution in [0.15, 0.2) is 42.5 Å². The van der Waals surface area contributed by atoms with Crippen molar-refractivity contribution in [2.24, 2.45) is 0 Å². The lowest BCUT2D eigenvalue weighted by Gasteiger charge is -2.19. The summed E-state index contributed by atoms with van der Waals surface area (Å²) in [4.78, 5) is 13.8. The van der Waals surface area contributed by atoms with E-state index in [1.165, 1.54) is 24.1 Å². The zero-order valence-corrected chi connectivity index (χ0v) is 12.8. The van der Waals surface area contributed by atoms with E-state index < -0.39 is 0 Å². The van der Waals surface area contributed by atoms with Crippen LogP contribution < -0.4 is 14.4 Å². The van der Waals surface area contributed by atoms with Crippen molar-refractivity contribution in [1.82, 2.24) is 0 Å². The Labute approximate surface area is 129 Å². The van der Waals surface area contributed by atoms with Crippen LogP contribution in [0.1, 0.15) is 5.56 Å². The van der Waals surface area contributed by atoms with Gasteiger partial charge >= 0.3 is 0 Å². The first-order valence-electron chi connectivity index (χ1n) is 6.78. The van der Waals surface area contributed by atoms with Gasteiger partial charge in [0.15, 0.2) is 11.5 Å². The molecule has 0 bridgehead atoms. The van der Waals surface area contributed by atoms with Crippen molar-refractivity contribution >= 4 is 11.6 Å². The van der Waals surface area contributed by atoms with Gasteiger partial charge in [0.1, 0.15) is 5.82 Å². The summed E-state index contributed by atoms with van der Waals surface area (Å²) in [5.74, 6) is 0.652. The highest BCUT2D eigenvalue weighted by molar-refractivity contribution is 5.94. The molecule has 0 atom stereocenters. The number of rotatable bonds is 5. The Morgan fingerprint density at radius 2 is 1.82 bits per heavy atom. The quantitative estimate of drug-likeness (QED) is 0.852. The van der Waals surface area contributed by atoms with Crippen molar-refractivity contribution in [1.29, 1.82) is 0 Å². The summed E-state index contributed by atoms with van der Waals surface area (Å²) in [5, 5.41) is 0. The lowest BCUT2D eigenvalue weighted by Crippen LogP contribution is -2.27. The SMILES string of the molecule is COc1ccc(N(C)C(=O)Cc2cccc(F)c2)cc1OC. The zero-order chi connectivity index (χ0) is 16.1. The van der Waals surface area contributed by atoms with E-state index >= 15 is 0 Å². The van der Waals surface area contributed by atoms with Crippen LogP contribution in [0.2, 0.25) is 0 Å². The number of benzene rings is 2. The van der Waals surface area contributed by atoms with Gasteiger partial charge in [-0.15, -0.1) is 0 Å².